The fraction of sp³-hybridized carbons (Fsp3) is 0.875. The van der Waals surface area contributed by atoms with Crippen LogP contribution in [-0.2, 0) is 4.79 Å². The van der Waals surface area contributed by atoms with Crippen molar-refractivity contribution in [1.29, 1.82) is 0 Å². The second-order valence-corrected chi connectivity index (χ2v) is 3.37. The molecule has 70 valence electrons. The molecule has 1 aliphatic rings. The molecule has 0 aromatic rings. The highest BCUT2D eigenvalue weighted by Gasteiger charge is 2.17. The molecular weight excluding hydrogens is 154 g/mol. The van der Waals surface area contributed by atoms with Crippen molar-refractivity contribution in [3.8, 4) is 0 Å². The number of likely N-dealkylation sites (N-methyl/N-ethyl adjacent to an activating group) is 1. The summed E-state index contributed by atoms with van der Waals surface area (Å²) in [7, 11) is 2.07. The van der Waals surface area contributed by atoms with Gasteiger partial charge in [-0.15, -0.1) is 0 Å². The molecule has 0 bridgehead atoms. The molecular formula is C8H17N3O. The number of nitrogens with one attached hydrogen (secondary N) is 1. The fourth-order valence-electron chi connectivity index (χ4n) is 1.57. The van der Waals surface area contributed by atoms with Crippen LogP contribution in [0.15, 0.2) is 0 Å². The highest BCUT2D eigenvalue weighted by molar-refractivity contribution is 5.78. The molecule has 0 saturated carbocycles. The number of carbonyl (C=O) groups excluding carboxylic acids is 1. The van der Waals surface area contributed by atoms with Gasteiger partial charge in [0.1, 0.15) is 0 Å². The summed E-state index contributed by atoms with van der Waals surface area (Å²) >= 11 is 0. The monoisotopic (exact) mass is 171 g/mol. The first kappa shape index (κ1) is 9.48. The van der Waals surface area contributed by atoms with E-state index in [1.165, 1.54) is 0 Å². The number of hydrogen-bond donors (Lipinski definition) is 2. The molecule has 4 nitrogen and oxygen atoms in total. The molecule has 1 fully saturated rings. The van der Waals surface area contributed by atoms with E-state index >= 15 is 0 Å². The predicted molar refractivity (Wildman–Crippen MR) is 47.7 cm³/mol. The van der Waals surface area contributed by atoms with Crippen LogP contribution in [0.4, 0.5) is 0 Å². The second-order valence-electron chi connectivity index (χ2n) is 3.37. The minimum absolute atomic E-state index is 0.0460. The Morgan fingerprint density at radius 2 is 2.50 bits per heavy atom. The lowest BCUT2D eigenvalue weighted by molar-refractivity contribution is -0.120. The van der Waals surface area contributed by atoms with Crippen molar-refractivity contribution in [1.82, 2.24) is 10.2 Å². The lowest BCUT2D eigenvalue weighted by atomic mass is 10.1. The van der Waals surface area contributed by atoms with E-state index in [0.29, 0.717) is 6.04 Å². The van der Waals surface area contributed by atoms with Crippen molar-refractivity contribution >= 4 is 5.91 Å². The maximum Gasteiger partial charge on any atom is 0.233 e. The van der Waals surface area contributed by atoms with Gasteiger partial charge >= 0.3 is 0 Å². The molecule has 1 atom stereocenters. The third-order valence-corrected chi connectivity index (χ3v) is 2.17. The highest BCUT2D eigenvalue weighted by Crippen LogP contribution is 2.07. The van der Waals surface area contributed by atoms with Crippen molar-refractivity contribution in [2.24, 2.45) is 5.73 Å². The Hall–Kier alpha value is -0.610. The minimum atomic E-state index is -0.0460. The standard InChI is InChI=1S/C8H17N3O/c1-11-4-2-3-7(6-11)10-8(12)5-9/h7H,2-6,9H2,1H3,(H,10,12). The zero-order valence-electron chi connectivity index (χ0n) is 7.55. The number of carbonyl (C=O) groups is 1. The van der Waals surface area contributed by atoms with Crippen LogP contribution in [0.5, 0.6) is 0 Å². The fourth-order valence-corrected chi connectivity index (χ4v) is 1.57. The van der Waals surface area contributed by atoms with Crippen LogP contribution >= 0.6 is 0 Å². The Bertz CT molecular complexity index is 160. The summed E-state index contributed by atoms with van der Waals surface area (Å²) in [6.45, 7) is 2.18. The van der Waals surface area contributed by atoms with E-state index in [1.54, 1.807) is 0 Å². The number of likely N-dealkylation sites (tertiary alicyclic amines) is 1. The summed E-state index contributed by atoms with van der Waals surface area (Å²) in [5.74, 6) is -0.0460. The summed E-state index contributed by atoms with van der Waals surface area (Å²) in [6.07, 6.45) is 2.24. The quantitative estimate of drug-likeness (QED) is 0.569. The molecule has 1 unspecified atom stereocenters. The van der Waals surface area contributed by atoms with Crippen LogP contribution in [0.3, 0.4) is 0 Å². The van der Waals surface area contributed by atoms with Crippen LogP contribution in [-0.4, -0.2) is 43.5 Å². The van der Waals surface area contributed by atoms with Crippen LogP contribution in [0, 0.1) is 0 Å². The average Bonchev–Trinajstić information content (AvgIpc) is 2.04. The Kier molecular flexibility index (Phi) is 3.49. The first-order chi connectivity index (χ1) is 5.72. The summed E-state index contributed by atoms with van der Waals surface area (Å²) in [5, 5.41) is 2.89. The lowest BCUT2D eigenvalue weighted by Gasteiger charge is -2.30. The Morgan fingerprint density at radius 1 is 1.75 bits per heavy atom. The van der Waals surface area contributed by atoms with Gasteiger partial charge in [-0.2, -0.15) is 0 Å². The van der Waals surface area contributed by atoms with Gasteiger partial charge in [0.2, 0.25) is 5.91 Å². The molecule has 1 aliphatic heterocycles. The maximum absolute atomic E-state index is 10.9. The van der Waals surface area contributed by atoms with Crippen LogP contribution < -0.4 is 11.1 Å². The second kappa shape index (κ2) is 4.42. The van der Waals surface area contributed by atoms with Gasteiger partial charge in [0.05, 0.1) is 6.54 Å². The van der Waals surface area contributed by atoms with Crippen LogP contribution in [0.25, 0.3) is 0 Å². The van der Waals surface area contributed by atoms with Crippen molar-refractivity contribution in [3.05, 3.63) is 0 Å². The summed E-state index contributed by atoms with van der Waals surface area (Å²) in [5.41, 5.74) is 5.20. The van der Waals surface area contributed by atoms with E-state index in [1.807, 2.05) is 0 Å². The Morgan fingerprint density at radius 3 is 3.08 bits per heavy atom. The van der Waals surface area contributed by atoms with E-state index in [2.05, 4.69) is 17.3 Å². The summed E-state index contributed by atoms with van der Waals surface area (Å²) < 4.78 is 0. The third-order valence-electron chi connectivity index (χ3n) is 2.17. The van der Waals surface area contributed by atoms with Gasteiger partial charge in [-0.1, -0.05) is 0 Å². The molecule has 12 heavy (non-hydrogen) atoms. The minimum Gasteiger partial charge on any atom is -0.351 e. The number of nitrogens with two attached hydrogens (primary N) is 1. The average molecular weight is 171 g/mol. The number of hydrogen-bond acceptors (Lipinski definition) is 3. The van der Waals surface area contributed by atoms with E-state index in [0.717, 1.165) is 25.9 Å². The van der Waals surface area contributed by atoms with Crippen molar-refractivity contribution in [2.45, 2.75) is 18.9 Å². The first-order valence-corrected chi connectivity index (χ1v) is 4.40. The number of amides is 1. The number of rotatable bonds is 2. The number of piperidine rings is 1. The Labute approximate surface area is 73.1 Å². The van der Waals surface area contributed by atoms with E-state index in [4.69, 9.17) is 5.73 Å². The molecule has 1 heterocycles. The van der Waals surface area contributed by atoms with Gasteiger partial charge < -0.3 is 16.0 Å². The zero-order chi connectivity index (χ0) is 8.97. The van der Waals surface area contributed by atoms with Gasteiger partial charge in [0.15, 0.2) is 0 Å². The van der Waals surface area contributed by atoms with Crippen molar-refractivity contribution < 1.29 is 4.79 Å². The molecule has 1 saturated heterocycles. The summed E-state index contributed by atoms with van der Waals surface area (Å²) in [4.78, 5) is 13.2. The third kappa shape index (κ3) is 2.79. The molecule has 0 radical (unpaired) electrons. The predicted octanol–water partition coefficient (Wildman–Crippen LogP) is -0.844. The molecule has 3 N–H and O–H groups in total. The van der Waals surface area contributed by atoms with Gasteiger partial charge in [-0.25, -0.2) is 0 Å². The molecule has 0 aliphatic carbocycles. The molecule has 0 aromatic heterocycles. The van der Waals surface area contributed by atoms with Gasteiger partial charge in [-0.3, -0.25) is 4.79 Å². The smallest absolute Gasteiger partial charge is 0.233 e. The van der Waals surface area contributed by atoms with E-state index < -0.39 is 0 Å². The van der Waals surface area contributed by atoms with E-state index in [9.17, 15) is 4.79 Å². The van der Waals surface area contributed by atoms with Gasteiger partial charge in [0.25, 0.3) is 0 Å². The van der Waals surface area contributed by atoms with Gasteiger partial charge in [-0.05, 0) is 26.4 Å². The van der Waals surface area contributed by atoms with Crippen LogP contribution in [0.1, 0.15) is 12.8 Å². The van der Waals surface area contributed by atoms with Crippen LogP contribution in [0.2, 0.25) is 0 Å². The highest BCUT2D eigenvalue weighted by atomic mass is 16.1. The first-order valence-electron chi connectivity index (χ1n) is 4.40. The molecule has 1 amide bonds. The maximum atomic E-state index is 10.9. The van der Waals surface area contributed by atoms with Gasteiger partial charge in [0, 0.05) is 12.6 Å². The van der Waals surface area contributed by atoms with Crippen molar-refractivity contribution in [3.63, 3.8) is 0 Å². The molecule has 1 rings (SSSR count). The molecule has 0 aromatic carbocycles. The normalized spacial score (nSPS) is 25.3. The van der Waals surface area contributed by atoms with E-state index in [-0.39, 0.29) is 12.5 Å². The molecule has 4 heteroatoms. The van der Waals surface area contributed by atoms with Crippen molar-refractivity contribution in [2.75, 3.05) is 26.7 Å². The zero-order valence-corrected chi connectivity index (χ0v) is 7.55. The summed E-state index contributed by atoms with van der Waals surface area (Å²) in [6, 6.07) is 0.305. The SMILES string of the molecule is CN1CCCC(NC(=O)CN)C1. The number of nitrogens with zero attached hydrogens (tertiary/aromatic N) is 1. The molecule has 0 spiro atoms. The largest absolute Gasteiger partial charge is 0.351 e. The Balaban J connectivity index is 2.27. The lowest BCUT2D eigenvalue weighted by Crippen LogP contribution is -2.47. The topological polar surface area (TPSA) is 58.4 Å².